The van der Waals surface area contributed by atoms with Gasteiger partial charge in [-0.3, -0.25) is 4.90 Å². The summed E-state index contributed by atoms with van der Waals surface area (Å²) >= 11 is 0. The number of nitrogen functional groups attached to an aromatic ring is 1. The molecule has 3 nitrogen and oxygen atoms in total. The first-order valence-corrected chi connectivity index (χ1v) is 7.20. The normalized spacial score (nSPS) is 28.2. The minimum atomic E-state index is -0.242. The fraction of sp³-hybridized carbons (Fsp3) is 0.600. The Morgan fingerprint density at radius 2 is 2.05 bits per heavy atom. The van der Waals surface area contributed by atoms with Crippen LogP contribution in [0.25, 0.3) is 0 Å². The molecule has 1 aromatic carbocycles. The first kappa shape index (κ1) is 12.7. The van der Waals surface area contributed by atoms with Crippen LogP contribution in [0, 0.1) is 5.82 Å². The SMILES string of the molecule is CC1CN2CCCCC2CN1c1cc(N)cc(F)c1. The van der Waals surface area contributed by atoms with Gasteiger partial charge >= 0.3 is 0 Å². The third-order valence-corrected chi connectivity index (χ3v) is 4.42. The van der Waals surface area contributed by atoms with E-state index in [0.717, 1.165) is 18.8 Å². The highest BCUT2D eigenvalue weighted by atomic mass is 19.1. The molecule has 0 saturated carbocycles. The summed E-state index contributed by atoms with van der Waals surface area (Å²) in [6.07, 6.45) is 3.89. The summed E-state index contributed by atoms with van der Waals surface area (Å²) in [5.41, 5.74) is 7.20. The minimum absolute atomic E-state index is 0.242. The molecule has 3 rings (SSSR count). The fourth-order valence-electron chi connectivity index (χ4n) is 3.47. The molecule has 0 amide bonds. The van der Waals surface area contributed by atoms with Gasteiger partial charge in [0.2, 0.25) is 0 Å². The van der Waals surface area contributed by atoms with Crippen LogP contribution >= 0.6 is 0 Å². The lowest BCUT2D eigenvalue weighted by molar-refractivity contribution is 0.115. The molecule has 0 radical (unpaired) electrons. The number of nitrogens with two attached hydrogens (primary N) is 1. The van der Waals surface area contributed by atoms with E-state index in [1.807, 2.05) is 6.07 Å². The minimum Gasteiger partial charge on any atom is -0.399 e. The lowest BCUT2D eigenvalue weighted by Crippen LogP contribution is -2.58. The van der Waals surface area contributed by atoms with Crippen LogP contribution in [0.3, 0.4) is 0 Å². The predicted molar refractivity (Wildman–Crippen MR) is 76.8 cm³/mol. The number of hydrogen-bond donors (Lipinski definition) is 1. The monoisotopic (exact) mass is 263 g/mol. The van der Waals surface area contributed by atoms with Gasteiger partial charge in [-0.2, -0.15) is 0 Å². The van der Waals surface area contributed by atoms with Gasteiger partial charge in [0.05, 0.1) is 0 Å². The molecule has 2 atom stereocenters. The number of rotatable bonds is 1. The Hall–Kier alpha value is -1.29. The smallest absolute Gasteiger partial charge is 0.127 e. The van der Waals surface area contributed by atoms with E-state index in [1.165, 1.54) is 31.9 Å². The standard InChI is InChI=1S/C15H22FN3/c1-11-9-18-5-3-2-4-14(18)10-19(11)15-7-12(16)6-13(17)8-15/h6-8,11,14H,2-5,9-10,17H2,1H3. The molecule has 2 fully saturated rings. The zero-order valence-electron chi connectivity index (χ0n) is 11.5. The van der Waals surface area contributed by atoms with Crippen molar-refractivity contribution in [1.82, 2.24) is 4.90 Å². The summed E-state index contributed by atoms with van der Waals surface area (Å²) in [5.74, 6) is -0.242. The van der Waals surface area contributed by atoms with Gasteiger partial charge in [0.1, 0.15) is 5.82 Å². The molecule has 2 saturated heterocycles. The van der Waals surface area contributed by atoms with Crippen LogP contribution in [-0.2, 0) is 0 Å². The summed E-state index contributed by atoms with van der Waals surface area (Å²) in [4.78, 5) is 4.90. The lowest BCUT2D eigenvalue weighted by Gasteiger charge is -2.48. The van der Waals surface area contributed by atoms with Crippen molar-refractivity contribution in [2.24, 2.45) is 0 Å². The zero-order chi connectivity index (χ0) is 13.4. The van der Waals surface area contributed by atoms with Gasteiger partial charge in [-0.25, -0.2) is 4.39 Å². The van der Waals surface area contributed by atoms with Crippen molar-refractivity contribution in [2.45, 2.75) is 38.3 Å². The van der Waals surface area contributed by atoms with Crippen molar-refractivity contribution in [3.8, 4) is 0 Å². The molecule has 0 spiro atoms. The third-order valence-electron chi connectivity index (χ3n) is 4.42. The second kappa shape index (κ2) is 5.00. The van der Waals surface area contributed by atoms with Crippen LogP contribution in [0.2, 0.25) is 0 Å². The van der Waals surface area contributed by atoms with E-state index in [9.17, 15) is 4.39 Å². The molecule has 0 bridgehead atoms. The molecule has 0 aromatic heterocycles. The maximum atomic E-state index is 13.5. The molecule has 2 aliphatic heterocycles. The highest BCUT2D eigenvalue weighted by molar-refractivity contribution is 5.57. The van der Waals surface area contributed by atoms with Gasteiger partial charge in [-0.05, 0) is 44.5 Å². The van der Waals surface area contributed by atoms with E-state index in [0.29, 0.717) is 17.8 Å². The molecular formula is C15H22FN3. The number of nitrogens with zero attached hydrogens (tertiary/aromatic N) is 2. The molecular weight excluding hydrogens is 241 g/mol. The van der Waals surface area contributed by atoms with Gasteiger partial charge in [0, 0.05) is 36.5 Å². The van der Waals surface area contributed by atoms with Gasteiger partial charge < -0.3 is 10.6 Å². The van der Waals surface area contributed by atoms with E-state index in [4.69, 9.17) is 5.73 Å². The first-order valence-electron chi connectivity index (χ1n) is 7.20. The average Bonchev–Trinajstić information content (AvgIpc) is 2.36. The molecule has 0 aliphatic carbocycles. The summed E-state index contributed by atoms with van der Waals surface area (Å²) in [6.45, 7) is 5.49. The number of piperidine rings is 1. The number of halogens is 1. The number of benzene rings is 1. The highest BCUT2D eigenvalue weighted by Gasteiger charge is 2.33. The van der Waals surface area contributed by atoms with E-state index < -0.39 is 0 Å². The number of hydrogen-bond acceptors (Lipinski definition) is 3. The number of piperazine rings is 1. The Morgan fingerprint density at radius 3 is 2.84 bits per heavy atom. The summed E-state index contributed by atoms with van der Waals surface area (Å²) < 4.78 is 13.5. The molecule has 19 heavy (non-hydrogen) atoms. The van der Waals surface area contributed by atoms with E-state index >= 15 is 0 Å². The Balaban J connectivity index is 1.83. The van der Waals surface area contributed by atoms with Crippen molar-refractivity contribution < 1.29 is 4.39 Å². The largest absolute Gasteiger partial charge is 0.399 e. The Morgan fingerprint density at radius 1 is 1.21 bits per heavy atom. The van der Waals surface area contributed by atoms with Crippen LogP contribution in [0.4, 0.5) is 15.8 Å². The van der Waals surface area contributed by atoms with Gasteiger partial charge in [-0.15, -0.1) is 0 Å². The van der Waals surface area contributed by atoms with Crippen molar-refractivity contribution >= 4 is 11.4 Å². The molecule has 4 heteroatoms. The van der Waals surface area contributed by atoms with E-state index in [-0.39, 0.29) is 5.82 Å². The summed E-state index contributed by atoms with van der Waals surface area (Å²) in [5, 5.41) is 0. The number of fused-ring (bicyclic) bond motifs is 1. The molecule has 104 valence electrons. The molecule has 1 aromatic rings. The molecule has 2 heterocycles. The molecule has 2 unspecified atom stereocenters. The summed E-state index contributed by atoms with van der Waals surface area (Å²) in [6, 6.07) is 5.90. The third kappa shape index (κ3) is 2.54. The predicted octanol–water partition coefficient (Wildman–Crippen LogP) is 2.47. The first-order chi connectivity index (χ1) is 9.13. The molecule has 2 N–H and O–H groups in total. The van der Waals surface area contributed by atoms with Gasteiger partial charge in [0.15, 0.2) is 0 Å². The van der Waals surface area contributed by atoms with Crippen molar-refractivity contribution in [2.75, 3.05) is 30.3 Å². The van der Waals surface area contributed by atoms with Crippen LogP contribution in [-0.4, -0.2) is 36.6 Å². The Bertz CT molecular complexity index is 442. The zero-order valence-corrected chi connectivity index (χ0v) is 11.5. The Kier molecular flexibility index (Phi) is 3.35. The second-order valence-corrected chi connectivity index (χ2v) is 5.89. The average molecular weight is 263 g/mol. The molecule has 2 aliphatic rings. The topological polar surface area (TPSA) is 32.5 Å². The van der Waals surface area contributed by atoms with Crippen molar-refractivity contribution in [3.63, 3.8) is 0 Å². The van der Waals surface area contributed by atoms with Crippen LogP contribution in [0.5, 0.6) is 0 Å². The maximum Gasteiger partial charge on any atom is 0.127 e. The van der Waals surface area contributed by atoms with E-state index in [2.05, 4.69) is 16.7 Å². The number of anilines is 2. The maximum absolute atomic E-state index is 13.5. The van der Waals surface area contributed by atoms with Gasteiger partial charge in [0.25, 0.3) is 0 Å². The van der Waals surface area contributed by atoms with Gasteiger partial charge in [-0.1, -0.05) is 6.42 Å². The Labute approximate surface area is 114 Å². The van der Waals surface area contributed by atoms with Crippen molar-refractivity contribution in [1.29, 1.82) is 0 Å². The van der Waals surface area contributed by atoms with Crippen LogP contribution in [0.1, 0.15) is 26.2 Å². The van der Waals surface area contributed by atoms with Crippen LogP contribution < -0.4 is 10.6 Å². The van der Waals surface area contributed by atoms with Crippen molar-refractivity contribution in [3.05, 3.63) is 24.0 Å². The highest BCUT2D eigenvalue weighted by Crippen LogP contribution is 2.29. The van der Waals surface area contributed by atoms with Crippen LogP contribution in [0.15, 0.2) is 18.2 Å². The fourth-order valence-corrected chi connectivity index (χ4v) is 3.47. The lowest BCUT2D eigenvalue weighted by atomic mass is 9.96. The quantitative estimate of drug-likeness (QED) is 0.790. The van der Waals surface area contributed by atoms with E-state index in [1.54, 1.807) is 6.07 Å². The summed E-state index contributed by atoms with van der Waals surface area (Å²) in [7, 11) is 0. The second-order valence-electron chi connectivity index (χ2n) is 5.89.